The summed E-state index contributed by atoms with van der Waals surface area (Å²) in [6.45, 7) is 4.40. The van der Waals surface area contributed by atoms with Crippen molar-refractivity contribution in [2.45, 2.75) is 32.2 Å². The zero-order chi connectivity index (χ0) is 15.6. The fourth-order valence-electron chi connectivity index (χ4n) is 2.42. The van der Waals surface area contributed by atoms with Gasteiger partial charge in [-0.05, 0) is 37.1 Å². The third kappa shape index (κ3) is 3.27. The van der Waals surface area contributed by atoms with Crippen LogP contribution in [0.15, 0.2) is 16.6 Å². The summed E-state index contributed by atoms with van der Waals surface area (Å²) in [4.78, 5) is 24.0. The van der Waals surface area contributed by atoms with Crippen LogP contribution in [0.5, 0.6) is 0 Å². The van der Waals surface area contributed by atoms with Gasteiger partial charge in [0.2, 0.25) is 0 Å². The van der Waals surface area contributed by atoms with E-state index in [4.69, 9.17) is 4.74 Å². The summed E-state index contributed by atoms with van der Waals surface area (Å²) in [6.07, 6.45) is 0.561. The van der Waals surface area contributed by atoms with Crippen molar-refractivity contribution in [1.29, 1.82) is 0 Å². The molecule has 0 aliphatic carbocycles. The van der Waals surface area contributed by atoms with Crippen LogP contribution in [0.4, 0.5) is 0 Å². The molecule has 1 saturated heterocycles. The number of aryl methyl sites for hydroxylation is 2. The Hall–Kier alpha value is -1.40. The van der Waals surface area contributed by atoms with Crippen molar-refractivity contribution in [2.75, 3.05) is 13.2 Å². The Bertz CT molecular complexity index is 579. The molecule has 0 unspecified atom stereocenters. The van der Waals surface area contributed by atoms with Crippen LogP contribution in [-0.4, -0.2) is 35.7 Å². The minimum Gasteiger partial charge on any atom is -0.480 e. The van der Waals surface area contributed by atoms with Crippen molar-refractivity contribution in [2.24, 2.45) is 0 Å². The maximum Gasteiger partial charge on any atom is 0.329 e. The minimum absolute atomic E-state index is 0.280. The van der Waals surface area contributed by atoms with Crippen LogP contribution >= 0.6 is 15.9 Å². The zero-order valence-electron chi connectivity index (χ0n) is 12.0. The molecule has 2 rings (SSSR count). The highest BCUT2D eigenvalue weighted by molar-refractivity contribution is 9.10. The van der Waals surface area contributed by atoms with E-state index in [1.54, 1.807) is 6.07 Å². The Balaban J connectivity index is 2.28. The number of halogens is 1. The molecular weight excluding hydrogens is 338 g/mol. The molecule has 1 aliphatic heterocycles. The van der Waals surface area contributed by atoms with Gasteiger partial charge in [0.05, 0.1) is 0 Å². The number of rotatable bonds is 3. The lowest BCUT2D eigenvalue weighted by atomic mass is 9.89. The van der Waals surface area contributed by atoms with Gasteiger partial charge in [-0.25, -0.2) is 4.79 Å². The van der Waals surface area contributed by atoms with Gasteiger partial charge in [0.15, 0.2) is 0 Å². The SMILES string of the molecule is Cc1cc(C(=O)NC2(C(=O)O)CCOCC2)c(C)cc1Br. The topological polar surface area (TPSA) is 75.6 Å². The highest BCUT2D eigenvalue weighted by Crippen LogP contribution is 2.24. The van der Waals surface area contributed by atoms with Crippen molar-refractivity contribution in [3.63, 3.8) is 0 Å². The highest BCUT2D eigenvalue weighted by Gasteiger charge is 2.41. The van der Waals surface area contributed by atoms with Gasteiger partial charge in [0.1, 0.15) is 5.54 Å². The average molecular weight is 356 g/mol. The Morgan fingerprint density at radius 3 is 2.43 bits per heavy atom. The first-order chi connectivity index (χ1) is 9.85. The fraction of sp³-hybridized carbons (Fsp3) is 0.467. The van der Waals surface area contributed by atoms with Crippen molar-refractivity contribution in [3.8, 4) is 0 Å². The number of ether oxygens (including phenoxy) is 1. The third-order valence-electron chi connectivity index (χ3n) is 3.86. The molecule has 0 spiro atoms. The van der Waals surface area contributed by atoms with Crippen molar-refractivity contribution in [1.82, 2.24) is 5.32 Å². The Labute approximate surface area is 131 Å². The van der Waals surface area contributed by atoms with E-state index in [1.807, 2.05) is 19.9 Å². The molecule has 1 heterocycles. The molecule has 1 fully saturated rings. The first-order valence-corrected chi connectivity index (χ1v) is 7.55. The Morgan fingerprint density at radius 1 is 1.24 bits per heavy atom. The molecule has 0 atom stereocenters. The normalized spacial score (nSPS) is 17.3. The lowest BCUT2D eigenvalue weighted by Crippen LogP contribution is -2.57. The molecule has 0 saturated carbocycles. The van der Waals surface area contributed by atoms with Gasteiger partial charge < -0.3 is 15.2 Å². The van der Waals surface area contributed by atoms with Crippen LogP contribution < -0.4 is 5.32 Å². The van der Waals surface area contributed by atoms with E-state index >= 15 is 0 Å². The van der Waals surface area contributed by atoms with Gasteiger partial charge in [-0.15, -0.1) is 0 Å². The molecule has 5 nitrogen and oxygen atoms in total. The van der Waals surface area contributed by atoms with Crippen LogP contribution in [0, 0.1) is 13.8 Å². The number of carboxylic acids is 1. The van der Waals surface area contributed by atoms with E-state index in [2.05, 4.69) is 21.2 Å². The number of aliphatic carboxylic acids is 1. The molecule has 2 N–H and O–H groups in total. The largest absolute Gasteiger partial charge is 0.480 e. The van der Waals surface area contributed by atoms with Gasteiger partial charge in [0.25, 0.3) is 5.91 Å². The van der Waals surface area contributed by atoms with Crippen LogP contribution in [0.1, 0.15) is 34.3 Å². The number of carbonyl (C=O) groups is 2. The molecule has 1 aliphatic rings. The fourth-order valence-corrected chi connectivity index (χ4v) is 2.88. The molecule has 1 aromatic rings. The highest BCUT2D eigenvalue weighted by atomic mass is 79.9. The lowest BCUT2D eigenvalue weighted by molar-refractivity contribution is -0.148. The summed E-state index contributed by atoms with van der Waals surface area (Å²) in [5, 5.41) is 12.2. The van der Waals surface area contributed by atoms with E-state index in [1.165, 1.54) is 0 Å². The number of amides is 1. The zero-order valence-corrected chi connectivity index (χ0v) is 13.6. The Morgan fingerprint density at radius 2 is 1.86 bits per heavy atom. The predicted octanol–water partition coefficient (Wildman–Crippen LogP) is 2.43. The molecule has 21 heavy (non-hydrogen) atoms. The van der Waals surface area contributed by atoms with Gasteiger partial charge >= 0.3 is 5.97 Å². The summed E-state index contributed by atoms with van der Waals surface area (Å²) in [6, 6.07) is 3.63. The molecule has 0 bridgehead atoms. The van der Waals surface area contributed by atoms with Crippen molar-refractivity contribution < 1.29 is 19.4 Å². The van der Waals surface area contributed by atoms with Crippen molar-refractivity contribution in [3.05, 3.63) is 33.3 Å². The number of carboxylic acid groups (broad SMARTS) is 1. The minimum atomic E-state index is -1.23. The standard InChI is InChI=1S/C15H18BrNO4/c1-9-8-12(16)10(2)7-11(9)13(18)17-15(14(19)20)3-5-21-6-4-15/h7-8H,3-6H2,1-2H3,(H,17,18)(H,19,20). The molecule has 6 heteroatoms. The van der Waals surface area contributed by atoms with E-state index in [0.717, 1.165) is 15.6 Å². The predicted molar refractivity (Wildman–Crippen MR) is 81.5 cm³/mol. The van der Waals surface area contributed by atoms with Crippen LogP contribution in [0.3, 0.4) is 0 Å². The maximum absolute atomic E-state index is 12.5. The smallest absolute Gasteiger partial charge is 0.329 e. The first-order valence-electron chi connectivity index (χ1n) is 6.76. The number of hydrogen-bond acceptors (Lipinski definition) is 3. The number of nitrogens with one attached hydrogen (secondary N) is 1. The monoisotopic (exact) mass is 355 g/mol. The lowest BCUT2D eigenvalue weighted by Gasteiger charge is -2.34. The molecule has 1 amide bonds. The molecule has 0 radical (unpaired) electrons. The van der Waals surface area contributed by atoms with Gasteiger partial charge in [-0.2, -0.15) is 0 Å². The van der Waals surface area contributed by atoms with Crippen LogP contribution in [0.25, 0.3) is 0 Å². The summed E-state index contributed by atoms with van der Waals surface area (Å²) >= 11 is 3.42. The molecule has 0 aromatic heterocycles. The maximum atomic E-state index is 12.5. The van der Waals surface area contributed by atoms with Gasteiger partial charge in [-0.1, -0.05) is 15.9 Å². The number of carbonyl (C=O) groups excluding carboxylic acids is 1. The van der Waals surface area contributed by atoms with E-state index in [0.29, 0.717) is 18.8 Å². The molecular formula is C15H18BrNO4. The molecule has 1 aromatic carbocycles. The second-order valence-corrected chi connectivity index (χ2v) is 6.22. The van der Waals surface area contributed by atoms with Gasteiger partial charge in [-0.3, -0.25) is 4.79 Å². The summed E-state index contributed by atoms with van der Waals surface area (Å²) in [5.41, 5.74) is 1.01. The number of benzene rings is 1. The molecule has 114 valence electrons. The van der Waals surface area contributed by atoms with E-state index in [-0.39, 0.29) is 18.7 Å². The van der Waals surface area contributed by atoms with Crippen LogP contribution in [-0.2, 0) is 9.53 Å². The number of hydrogen-bond donors (Lipinski definition) is 2. The van der Waals surface area contributed by atoms with Crippen molar-refractivity contribution >= 4 is 27.8 Å². The third-order valence-corrected chi connectivity index (χ3v) is 4.71. The Kier molecular flexibility index (Phi) is 4.68. The summed E-state index contributed by atoms with van der Waals surface area (Å²) in [7, 11) is 0. The second-order valence-electron chi connectivity index (χ2n) is 5.37. The average Bonchev–Trinajstić information content (AvgIpc) is 2.43. The van der Waals surface area contributed by atoms with E-state index < -0.39 is 11.5 Å². The quantitative estimate of drug-likeness (QED) is 0.872. The first kappa shape index (κ1) is 16.0. The summed E-state index contributed by atoms with van der Waals surface area (Å²) < 4.78 is 6.13. The summed E-state index contributed by atoms with van der Waals surface area (Å²) in [5.74, 6) is -1.36. The van der Waals surface area contributed by atoms with Gasteiger partial charge in [0, 0.05) is 36.1 Å². The van der Waals surface area contributed by atoms with Crippen LogP contribution in [0.2, 0.25) is 0 Å². The second kappa shape index (κ2) is 6.15. The van der Waals surface area contributed by atoms with E-state index in [9.17, 15) is 14.7 Å².